The zero-order valence-corrected chi connectivity index (χ0v) is 32.3. The second kappa shape index (κ2) is 25.4. The largest absolute Gasteiger partial charge is 0.494 e. The molecule has 9 heteroatoms. The fraction of sp³-hybridized carbons (Fsp3) is 0.725. The number of amides is 2. The molecule has 4 N–H and O–H groups in total. The zero-order valence-electron chi connectivity index (χ0n) is 31.5. The number of aliphatic hydroxyl groups is 1. The van der Waals surface area contributed by atoms with Crippen molar-refractivity contribution in [3.63, 3.8) is 0 Å². The number of thioether (sulfide) groups is 1. The van der Waals surface area contributed by atoms with E-state index in [1.165, 1.54) is 50.0 Å². The number of carbonyl (C=O) groups excluding carboxylic acids is 3. The number of allylic oxidation sites excluding steroid dienone is 1. The van der Waals surface area contributed by atoms with E-state index >= 15 is 0 Å². The Balaban J connectivity index is 2.98. The first-order valence-corrected chi connectivity index (χ1v) is 20.0. The molecule has 0 aliphatic rings. The van der Waals surface area contributed by atoms with Crippen LogP contribution in [0.3, 0.4) is 0 Å². The van der Waals surface area contributed by atoms with Gasteiger partial charge in [-0.05, 0) is 88.5 Å². The van der Waals surface area contributed by atoms with Crippen LogP contribution in [0.4, 0.5) is 0 Å². The van der Waals surface area contributed by atoms with Crippen molar-refractivity contribution in [1.29, 1.82) is 0 Å². The smallest absolute Gasteiger partial charge is 0.339 e. The minimum atomic E-state index is -2.11. The van der Waals surface area contributed by atoms with E-state index in [9.17, 15) is 19.5 Å². The predicted molar refractivity (Wildman–Crippen MR) is 204 cm³/mol. The Kier molecular flexibility index (Phi) is 23.1. The number of rotatable bonds is 28. The summed E-state index contributed by atoms with van der Waals surface area (Å²) in [5.74, 6) is -0.309. The quantitative estimate of drug-likeness (QED) is 0.0454. The van der Waals surface area contributed by atoms with Crippen LogP contribution in [0.5, 0.6) is 5.75 Å². The van der Waals surface area contributed by atoms with Crippen molar-refractivity contribution >= 4 is 29.5 Å². The molecular weight excluding hydrogens is 637 g/mol. The number of primary amides is 1. The normalized spacial score (nSPS) is 14.3. The molecule has 0 saturated carbocycles. The fourth-order valence-electron chi connectivity index (χ4n) is 5.40. The van der Waals surface area contributed by atoms with Crippen LogP contribution >= 0.6 is 11.8 Å². The van der Waals surface area contributed by atoms with Gasteiger partial charge in [-0.3, -0.25) is 9.59 Å². The number of carbonyl (C=O) groups is 3. The molecule has 0 aromatic heterocycles. The van der Waals surface area contributed by atoms with Crippen LogP contribution in [0, 0.1) is 5.92 Å². The van der Waals surface area contributed by atoms with E-state index in [0.717, 1.165) is 43.4 Å². The molecule has 8 nitrogen and oxygen atoms in total. The van der Waals surface area contributed by atoms with Crippen LogP contribution in [0.25, 0.3) is 0 Å². The van der Waals surface area contributed by atoms with Crippen molar-refractivity contribution in [2.75, 3.05) is 18.1 Å². The van der Waals surface area contributed by atoms with E-state index in [2.05, 4.69) is 19.2 Å². The van der Waals surface area contributed by atoms with Gasteiger partial charge in [0, 0.05) is 6.42 Å². The van der Waals surface area contributed by atoms with Gasteiger partial charge in [-0.2, -0.15) is 11.8 Å². The number of unbranched alkanes of at least 4 members (excludes halogenated alkanes) is 10. The van der Waals surface area contributed by atoms with Gasteiger partial charge in [-0.1, -0.05) is 103 Å². The molecule has 3 atom stereocenters. The molecule has 49 heavy (non-hydrogen) atoms. The highest BCUT2D eigenvalue weighted by Crippen LogP contribution is 2.30. The molecule has 0 bridgehead atoms. The molecule has 0 fully saturated rings. The summed E-state index contributed by atoms with van der Waals surface area (Å²) in [6.07, 6.45) is 18.5. The van der Waals surface area contributed by atoms with Crippen LogP contribution in [0.2, 0.25) is 0 Å². The highest BCUT2D eigenvalue weighted by Gasteiger charge is 2.49. The lowest BCUT2D eigenvalue weighted by Crippen LogP contribution is -2.56. The summed E-state index contributed by atoms with van der Waals surface area (Å²) >= 11 is 2.04. The van der Waals surface area contributed by atoms with Crippen LogP contribution < -0.4 is 15.8 Å². The summed E-state index contributed by atoms with van der Waals surface area (Å²) in [5, 5.41) is 14.7. The molecule has 0 aliphatic heterocycles. The average Bonchev–Trinajstić information content (AvgIpc) is 3.05. The molecule has 280 valence electrons. The summed E-state index contributed by atoms with van der Waals surface area (Å²) in [6.45, 7) is 12.1. The number of ether oxygens (including phenoxy) is 2. The van der Waals surface area contributed by atoms with Crippen LogP contribution in [0.15, 0.2) is 36.4 Å². The Bertz CT molecular complexity index is 1090. The lowest BCUT2D eigenvalue weighted by molar-refractivity contribution is -0.184. The molecule has 1 aromatic rings. The average molecular weight is 705 g/mol. The minimum Gasteiger partial charge on any atom is -0.494 e. The van der Waals surface area contributed by atoms with Gasteiger partial charge < -0.3 is 25.6 Å². The maximum absolute atomic E-state index is 13.9. The zero-order chi connectivity index (χ0) is 36.5. The minimum absolute atomic E-state index is 0.0395. The Morgan fingerprint density at radius 2 is 1.45 bits per heavy atom. The highest BCUT2D eigenvalue weighted by atomic mass is 32.2. The number of nitrogens with two attached hydrogens (primary N) is 1. The molecule has 0 heterocycles. The Morgan fingerprint density at radius 1 is 0.857 bits per heavy atom. The number of benzene rings is 1. The number of esters is 1. The summed E-state index contributed by atoms with van der Waals surface area (Å²) in [6, 6.07) is 6.30. The molecule has 0 unspecified atom stereocenters. The van der Waals surface area contributed by atoms with E-state index in [-0.39, 0.29) is 12.8 Å². The first-order valence-electron chi connectivity index (χ1n) is 18.9. The SMILES string of the molecule is CCCCCCCSCCCCCC/C=C/[C@H](C(=O)N[C@@H](Cc1ccc(OCCCC)cc1)C(N)=O)[C@@](O)(CCCC)C(=O)OC(C)(C)C. The summed E-state index contributed by atoms with van der Waals surface area (Å²) in [5.41, 5.74) is 3.57. The standard InChI is InChI=1S/C40H68N2O6S/c1-7-10-13-17-20-29-49-30-21-18-15-14-16-19-22-34(40(46,27-11-8-2)38(45)48-39(4,5)6)37(44)42-35(36(41)43)31-32-23-25-33(26-24-32)47-28-12-9-3/h19,22-26,34-35,46H,7-18,20-21,27-31H2,1-6H3,(H2,41,43)(H,42,44)/b22-19+/t34-,35+,40+/m1/s1. The molecule has 1 aromatic carbocycles. The van der Waals surface area contributed by atoms with E-state index in [4.69, 9.17) is 15.2 Å². The van der Waals surface area contributed by atoms with Gasteiger partial charge in [0.2, 0.25) is 11.8 Å². The van der Waals surface area contributed by atoms with Gasteiger partial charge in [0.25, 0.3) is 0 Å². The maximum atomic E-state index is 13.9. The Hall–Kier alpha value is -2.52. The first-order chi connectivity index (χ1) is 23.4. The Morgan fingerprint density at radius 3 is 2.02 bits per heavy atom. The van der Waals surface area contributed by atoms with Crippen LogP contribution in [-0.2, 0) is 25.5 Å². The van der Waals surface area contributed by atoms with Gasteiger partial charge >= 0.3 is 5.97 Å². The second-order valence-corrected chi connectivity index (χ2v) is 15.4. The van der Waals surface area contributed by atoms with Gasteiger partial charge in [0.1, 0.15) is 17.4 Å². The molecular formula is C40H68N2O6S. The van der Waals surface area contributed by atoms with Gasteiger partial charge in [0.05, 0.1) is 12.5 Å². The summed E-state index contributed by atoms with van der Waals surface area (Å²) in [4.78, 5) is 40.0. The Labute approximate surface area is 302 Å². The number of nitrogens with one attached hydrogen (secondary N) is 1. The number of hydrogen-bond acceptors (Lipinski definition) is 7. The molecule has 0 aliphatic carbocycles. The fourth-order valence-corrected chi connectivity index (χ4v) is 6.42. The van der Waals surface area contributed by atoms with Crippen LogP contribution in [-0.4, -0.2) is 58.2 Å². The van der Waals surface area contributed by atoms with Crippen molar-refractivity contribution in [3.8, 4) is 5.75 Å². The van der Waals surface area contributed by atoms with Crippen molar-refractivity contribution in [1.82, 2.24) is 5.32 Å². The molecule has 1 rings (SSSR count). The topological polar surface area (TPSA) is 128 Å². The van der Waals surface area contributed by atoms with E-state index in [1.54, 1.807) is 26.8 Å². The monoisotopic (exact) mass is 704 g/mol. The molecule has 0 saturated heterocycles. The third kappa shape index (κ3) is 19.5. The van der Waals surface area contributed by atoms with E-state index < -0.39 is 40.9 Å². The van der Waals surface area contributed by atoms with Crippen molar-refractivity contribution in [3.05, 3.63) is 42.0 Å². The van der Waals surface area contributed by atoms with Crippen molar-refractivity contribution in [2.24, 2.45) is 11.7 Å². The van der Waals surface area contributed by atoms with Gasteiger partial charge in [-0.25, -0.2) is 4.79 Å². The summed E-state index contributed by atoms with van der Waals surface area (Å²) < 4.78 is 11.4. The lowest BCUT2D eigenvalue weighted by Gasteiger charge is -2.35. The molecule has 0 radical (unpaired) electrons. The van der Waals surface area contributed by atoms with E-state index in [1.807, 2.05) is 49.0 Å². The van der Waals surface area contributed by atoms with Gasteiger partial charge in [-0.15, -0.1) is 0 Å². The van der Waals surface area contributed by atoms with Crippen molar-refractivity contribution in [2.45, 2.75) is 162 Å². The van der Waals surface area contributed by atoms with E-state index in [0.29, 0.717) is 25.9 Å². The number of hydrogen-bond donors (Lipinski definition) is 3. The summed E-state index contributed by atoms with van der Waals surface area (Å²) in [7, 11) is 0. The predicted octanol–water partition coefficient (Wildman–Crippen LogP) is 8.47. The third-order valence-corrected chi connectivity index (χ3v) is 9.54. The van der Waals surface area contributed by atoms with Crippen molar-refractivity contribution < 1.29 is 29.0 Å². The molecule has 0 spiro atoms. The lowest BCUT2D eigenvalue weighted by atomic mass is 9.81. The van der Waals surface area contributed by atoms with Gasteiger partial charge in [0.15, 0.2) is 5.60 Å². The molecule has 2 amide bonds. The van der Waals surface area contributed by atoms with Crippen LogP contribution in [0.1, 0.15) is 143 Å². The highest BCUT2D eigenvalue weighted by molar-refractivity contribution is 7.99. The second-order valence-electron chi connectivity index (χ2n) is 14.2. The third-order valence-electron chi connectivity index (χ3n) is 8.38. The first kappa shape index (κ1) is 44.5. The maximum Gasteiger partial charge on any atom is 0.339 e.